The lowest BCUT2D eigenvalue weighted by Crippen LogP contribution is -2.05. The van der Waals surface area contributed by atoms with Crippen LogP contribution in [0, 0.1) is 0 Å². The number of carbonyl (C=O) groups excluding carboxylic acids is 2. The first-order chi connectivity index (χ1) is 10.4. The predicted octanol–water partition coefficient (Wildman–Crippen LogP) is 4.59. The molecule has 0 aromatic carbocycles. The second-order valence-corrected chi connectivity index (χ2v) is 5.31. The van der Waals surface area contributed by atoms with Gasteiger partial charge in [0.05, 0.1) is 13.7 Å². The Labute approximate surface area is 135 Å². The molecule has 0 rings (SSSR count). The Kier molecular flexibility index (Phi) is 16.3. The van der Waals surface area contributed by atoms with Crippen molar-refractivity contribution in [1.29, 1.82) is 0 Å². The summed E-state index contributed by atoms with van der Waals surface area (Å²) in [6.45, 7) is 12.9. The largest absolute Gasteiger partial charge is 0.466 e. The van der Waals surface area contributed by atoms with Gasteiger partial charge in [-0.25, -0.2) is 9.59 Å². The monoisotopic (exact) mass is 312 g/mol. The van der Waals surface area contributed by atoms with Crippen LogP contribution in [-0.4, -0.2) is 25.7 Å². The Morgan fingerprint density at radius 3 is 1.64 bits per heavy atom. The Morgan fingerprint density at radius 1 is 0.818 bits per heavy atom. The van der Waals surface area contributed by atoms with Gasteiger partial charge in [0.2, 0.25) is 0 Å². The van der Waals surface area contributed by atoms with Crippen LogP contribution in [-0.2, 0) is 19.1 Å². The van der Waals surface area contributed by atoms with Crippen LogP contribution in [0.25, 0.3) is 0 Å². The molecule has 0 radical (unpaired) electrons. The third-order valence-electron chi connectivity index (χ3n) is 2.86. The molecular formula is C18H32O4. The summed E-state index contributed by atoms with van der Waals surface area (Å²) in [5, 5.41) is 0. The first-order valence-corrected chi connectivity index (χ1v) is 7.93. The minimum absolute atomic E-state index is 0.263. The van der Waals surface area contributed by atoms with E-state index in [1.54, 1.807) is 13.8 Å². The lowest BCUT2D eigenvalue weighted by molar-refractivity contribution is -0.139. The van der Waals surface area contributed by atoms with Gasteiger partial charge in [0.15, 0.2) is 0 Å². The molecule has 0 aromatic heterocycles. The molecule has 0 aliphatic rings. The molecule has 0 fully saturated rings. The van der Waals surface area contributed by atoms with Gasteiger partial charge in [-0.05, 0) is 20.3 Å². The molecule has 0 saturated carbocycles. The van der Waals surface area contributed by atoms with Crippen molar-refractivity contribution in [1.82, 2.24) is 0 Å². The van der Waals surface area contributed by atoms with Crippen LogP contribution in [0.5, 0.6) is 0 Å². The van der Waals surface area contributed by atoms with Crippen LogP contribution in [0.2, 0.25) is 0 Å². The van der Waals surface area contributed by atoms with Crippen LogP contribution in [0.4, 0.5) is 0 Å². The van der Waals surface area contributed by atoms with Gasteiger partial charge in [-0.1, -0.05) is 58.6 Å². The average Bonchev–Trinajstić information content (AvgIpc) is 2.49. The van der Waals surface area contributed by atoms with Crippen LogP contribution >= 0.6 is 0 Å². The van der Waals surface area contributed by atoms with E-state index in [1.165, 1.54) is 39.2 Å². The van der Waals surface area contributed by atoms with Crippen molar-refractivity contribution in [2.24, 2.45) is 0 Å². The van der Waals surface area contributed by atoms with E-state index in [0.717, 1.165) is 12.8 Å². The molecule has 0 aliphatic heterocycles. The van der Waals surface area contributed by atoms with E-state index in [0.29, 0.717) is 17.8 Å². The van der Waals surface area contributed by atoms with Gasteiger partial charge in [-0.15, -0.1) is 0 Å². The summed E-state index contributed by atoms with van der Waals surface area (Å²) in [7, 11) is 1.33. The Bertz CT molecular complexity index is 345. The first kappa shape index (κ1) is 22.7. The van der Waals surface area contributed by atoms with Crippen LogP contribution in [0.1, 0.15) is 65.7 Å². The average molecular weight is 312 g/mol. The van der Waals surface area contributed by atoms with Gasteiger partial charge in [0.1, 0.15) is 0 Å². The third-order valence-corrected chi connectivity index (χ3v) is 2.86. The molecular weight excluding hydrogens is 280 g/mol. The quantitative estimate of drug-likeness (QED) is 0.336. The molecule has 0 spiro atoms. The number of esters is 2. The van der Waals surface area contributed by atoms with Gasteiger partial charge in [0, 0.05) is 11.1 Å². The number of ether oxygens (including phenoxy) is 2. The number of unbranched alkanes of at least 4 members (excludes halogenated alkanes) is 6. The molecule has 0 bridgehead atoms. The number of methoxy groups -OCH3 is 1. The first-order valence-electron chi connectivity index (χ1n) is 7.93. The molecule has 4 nitrogen and oxygen atoms in total. The summed E-state index contributed by atoms with van der Waals surface area (Å²) in [5.74, 6) is -0.610. The van der Waals surface area contributed by atoms with Gasteiger partial charge < -0.3 is 9.47 Å². The fourth-order valence-corrected chi connectivity index (χ4v) is 1.52. The van der Waals surface area contributed by atoms with Crippen molar-refractivity contribution in [3.63, 3.8) is 0 Å². The van der Waals surface area contributed by atoms with E-state index in [-0.39, 0.29) is 11.9 Å². The summed E-state index contributed by atoms with van der Waals surface area (Å²) in [4.78, 5) is 21.2. The topological polar surface area (TPSA) is 52.6 Å². The highest BCUT2D eigenvalue weighted by molar-refractivity contribution is 5.87. The number of hydrogen-bond donors (Lipinski definition) is 0. The van der Waals surface area contributed by atoms with Gasteiger partial charge in [0.25, 0.3) is 0 Å². The Morgan fingerprint density at radius 2 is 1.27 bits per heavy atom. The lowest BCUT2D eigenvalue weighted by Gasteiger charge is -2.04. The number of hydrogen-bond acceptors (Lipinski definition) is 4. The van der Waals surface area contributed by atoms with E-state index in [4.69, 9.17) is 4.74 Å². The van der Waals surface area contributed by atoms with Crippen molar-refractivity contribution in [3.8, 4) is 0 Å². The fourth-order valence-electron chi connectivity index (χ4n) is 1.52. The zero-order valence-corrected chi connectivity index (χ0v) is 14.7. The maximum absolute atomic E-state index is 11.0. The van der Waals surface area contributed by atoms with Crippen LogP contribution in [0.15, 0.2) is 24.3 Å². The lowest BCUT2D eigenvalue weighted by atomic mass is 10.1. The fraction of sp³-hybridized carbons (Fsp3) is 0.667. The number of rotatable bonds is 10. The van der Waals surface area contributed by atoms with Crippen molar-refractivity contribution < 1.29 is 19.1 Å². The SMILES string of the molecule is C=C(C)C(=O)OC.C=C(C)C(=O)OCCCCCCCCC. The van der Waals surface area contributed by atoms with Crippen LogP contribution < -0.4 is 0 Å². The normalized spacial score (nSPS) is 9.27. The molecule has 4 heteroatoms. The second-order valence-electron chi connectivity index (χ2n) is 5.31. The minimum Gasteiger partial charge on any atom is -0.466 e. The standard InChI is InChI=1S/C13H24O2.C5H8O2/c1-4-5-6-7-8-9-10-11-15-13(14)12(2)3;1-4(2)5(6)7-3/h2,4-11H2,1,3H3;1H2,2-3H3. The maximum Gasteiger partial charge on any atom is 0.333 e. The highest BCUT2D eigenvalue weighted by Gasteiger charge is 2.01. The highest BCUT2D eigenvalue weighted by Crippen LogP contribution is 2.07. The van der Waals surface area contributed by atoms with Gasteiger partial charge >= 0.3 is 11.9 Å². The summed E-state index contributed by atoms with van der Waals surface area (Å²) >= 11 is 0. The molecule has 0 unspecified atom stereocenters. The molecule has 0 N–H and O–H groups in total. The zero-order chi connectivity index (χ0) is 17.4. The van der Waals surface area contributed by atoms with E-state index in [1.807, 2.05) is 0 Å². The second kappa shape index (κ2) is 15.8. The van der Waals surface area contributed by atoms with Gasteiger partial charge in [-0.3, -0.25) is 0 Å². The molecule has 0 saturated heterocycles. The Hall–Kier alpha value is -1.58. The van der Waals surface area contributed by atoms with E-state index >= 15 is 0 Å². The zero-order valence-electron chi connectivity index (χ0n) is 14.7. The summed E-state index contributed by atoms with van der Waals surface area (Å²) in [5.41, 5.74) is 0.917. The molecule has 0 aromatic rings. The minimum atomic E-state index is -0.347. The summed E-state index contributed by atoms with van der Waals surface area (Å²) < 4.78 is 9.27. The van der Waals surface area contributed by atoms with E-state index in [2.05, 4.69) is 24.8 Å². The van der Waals surface area contributed by atoms with E-state index < -0.39 is 0 Å². The molecule has 128 valence electrons. The molecule has 0 atom stereocenters. The van der Waals surface area contributed by atoms with Crippen molar-refractivity contribution >= 4 is 11.9 Å². The maximum atomic E-state index is 11.0. The highest BCUT2D eigenvalue weighted by atomic mass is 16.5. The van der Waals surface area contributed by atoms with Crippen molar-refractivity contribution in [3.05, 3.63) is 24.3 Å². The molecule has 0 amide bonds. The van der Waals surface area contributed by atoms with Crippen molar-refractivity contribution in [2.75, 3.05) is 13.7 Å². The predicted molar refractivity (Wildman–Crippen MR) is 90.6 cm³/mol. The molecule has 22 heavy (non-hydrogen) atoms. The molecule has 0 heterocycles. The summed E-state index contributed by atoms with van der Waals surface area (Å²) in [6, 6.07) is 0. The van der Waals surface area contributed by atoms with Crippen LogP contribution in [0.3, 0.4) is 0 Å². The smallest absolute Gasteiger partial charge is 0.333 e. The molecule has 0 aliphatic carbocycles. The Balaban J connectivity index is 0. The third kappa shape index (κ3) is 16.5. The van der Waals surface area contributed by atoms with E-state index in [9.17, 15) is 9.59 Å². The summed E-state index contributed by atoms with van der Waals surface area (Å²) in [6.07, 6.45) is 8.66. The van der Waals surface area contributed by atoms with Gasteiger partial charge in [-0.2, -0.15) is 0 Å². The number of carbonyl (C=O) groups is 2. The van der Waals surface area contributed by atoms with Crippen molar-refractivity contribution in [2.45, 2.75) is 65.7 Å².